The molecule has 0 spiro atoms. The van der Waals surface area contributed by atoms with E-state index in [0.29, 0.717) is 18.4 Å². The molecule has 3 aromatic rings. The van der Waals surface area contributed by atoms with E-state index in [-0.39, 0.29) is 22.5 Å². The molecule has 1 aliphatic heterocycles. The van der Waals surface area contributed by atoms with Gasteiger partial charge in [0.1, 0.15) is 11.4 Å². The van der Waals surface area contributed by atoms with Crippen molar-refractivity contribution < 1.29 is 23.5 Å². The predicted molar refractivity (Wildman–Crippen MR) is 143 cm³/mol. The number of ether oxygens (including phenoxy) is 2. The summed E-state index contributed by atoms with van der Waals surface area (Å²) < 4.78 is 18.0. The number of hydrogen-bond donors (Lipinski definition) is 0. The quantitative estimate of drug-likeness (QED) is 0.316. The molecule has 1 unspecified atom stereocenters. The molecule has 7 nitrogen and oxygen atoms in total. The van der Waals surface area contributed by atoms with Crippen LogP contribution in [0.1, 0.15) is 44.2 Å². The summed E-state index contributed by atoms with van der Waals surface area (Å²) >= 11 is 1.16. The molecule has 5 rings (SSSR count). The fourth-order valence-corrected chi connectivity index (χ4v) is 6.13. The lowest BCUT2D eigenvalue weighted by atomic mass is 9.84. The average molecular weight is 521 g/mol. The number of carbonyl (C=O) groups is 2. The van der Waals surface area contributed by atoms with Crippen molar-refractivity contribution in [3.8, 4) is 28.5 Å². The molecule has 194 valence electrons. The average Bonchev–Trinajstić information content (AvgIpc) is 3.48. The lowest BCUT2D eigenvalue weighted by Crippen LogP contribution is -2.28. The van der Waals surface area contributed by atoms with E-state index in [0.717, 1.165) is 78.6 Å². The maximum Gasteiger partial charge on any atom is 0.288 e. The molecule has 1 saturated heterocycles. The molecule has 0 bridgehead atoms. The summed E-state index contributed by atoms with van der Waals surface area (Å²) in [6.45, 7) is 0.366. The number of amides is 2. The summed E-state index contributed by atoms with van der Waals surface area (Å²) in [5.74, 6) is 2.43. The van der Waals surface area contributed by atoms with Crippen LogP contribution < -0.4 is 4.74 Å². The second kappa shape index (κ2) is 11.5. The number of oxazole rings is 1. The largest absolute Gasteiger partial charge is 0.497 e. The summed E-state index contributed by atoms with van der Waals surface area (Å²) in [6, 6.07) is 17.7. The first-order valence-electron chi connectivity index (χ1n) is 12.8. The van der Waals surface area contributed by atoms with Gasteiger partial charge in [0, 0.05) is 18.2 Å². The first-order chi connectivity index (χ1) is 18.0. The number of carbonyl (C=O) groups excluding carboxylic acids is 2. The Balaban J connectivity index is 1.25. The third-order valence-electron chi connectivity index (χ3n) is 7.20. The van der Waals surface area contributed by atoms with Gasteiger partial charge in [0.25, 0.3) is 5.24 Å². The monoisotopic (exact) mass is 520 g/mol. The summed E-state index contributed by atoms with van der Waals surface area (Å²) in [5.41, 5.74) is 2.59. The lowest BCUT2D eigenvalue weighted by Gasteiger charge is -2.29. The predicted octanol–water partition coefficient (Wildman–Crippen LogP) is 6.57. The van der Waals surface area contributed by atoms with Gasteiger partial charge in [-0.1, -0.05) is 61.0 Å². The summed E-state index contributed by atoms with van der Waals surface area (Å²) in [7, 11) is 3.21. The Hall–Kier alpha value is -3.10. The van der Waals surface area contributed by atoms with E-state index < -0.39 is 0 Å². The van der Waals surface area contributed by atoms with Gasteiger partial charge in [0.15, 0.2) is 5.76 Å². The normalized spacial score (nSPS) is 22.0. The molecule has 37 heavy (non-hydrogen) atoms. The Labute approximate surface area is 221 Å². The van der Waals surface area contributed by atoms with Crippen molar-refractivity contribution >= 4 is 22.9 Å². The van der Waals surface area contributed by atoms with Gasteiger partial charge in [-0.25, -0.2) is 4.98 Å². The van der Waals surface area contributed by atoms with E-state index in [4.69, 9.17) is 18.9 Å². The Kier molecular flexibility index (Phi) is 7.96. The second-order valence-corrected chi connectivity index (χ2v) is 10.9. The molecule has 3 atom stereocenters. The maximum atomic E-state index is 12.2. The van der Waals surface area contributed by atoms with Gasteiger partial charge in [-0.2, -0.15) is 0 Å². The van der Waals surface area contributed by atoms with Gasteiger partial charge in [-0.3, -0.25) is 14.5 Å². The molecule has 2 aliphatic rings. The Bertz CT molecular complexity index is 1240. The lowest BCUT2D eigenvalue weighted by molar-refractivity contribution is -0.125. The Morgan fingerprint density at radius 1 is 1.05 bits per heavy atom. The van der Waals surface area contributed by atoms with Crippen LogP contribution in [0.3, 0.4) is 0 Å². The number of imide groups is 1. The first kappa shape index (κ1) is 25.5. The fraction of sp³-hybridized carbons (Fsp3) is 0.414. The van der Waals surface area contributed by atoms with Crippen LogP contribution >= 0.6 is 11.8 Å². The number of thioether (sulfide) groups is 1. The highest BCUT2D eigenvalue weighted by Crippen LogP contribution is 2.36. The molecule has 2 aromatic carbocycles. The van der Waals surface area contributed by atoms with E-state index in [1.807, 2.05) is 54.6 Å². The van der Waals surface area contributed by atoms with Crippen molar-refractivity contribution in [2.45, 2.75) is 56.5 Å². The summed E-state index contributed by atoms with van der Waals surface area (Å²) in [6.07, 6.45) is 6.00. The van der Waals surface area contributed by atoms with E-state index in [2.05, 4.69) is 0 Å². The van der Waals surface area contributed by atoms with Crippen LogP contribution in [0, 0.1) is 5.92 Å². The molecular weight excluding hydrogens is 488 g/mol. The van der Waals surface area contributed by atoms with E-state index in [9.17, 15) is 9.59 Å². The maximum absolute atomic E-state index is 12.2. The van der Waals surface area contributed by atoms with Crippen LogP contribution in [0.25, 0.3) is 22.8 Å². The van der Waals surface area contributed by atoms with Crippen molar-refractivity contribution in [2.75, 3.05) is 14.2 Å². The molecule has 1 aromatic heterocycles. The van der Waals surface area contributed by atoms with Crippen LogP contribution in [0.2, 0.25) is 0 Å². The smallest absolute Gasteiger partial charge is 0.288 e. The van der Waals surface area contributed by atoms with E-state index in [1.165, 1.54) is 4.90 Å². The molecule has 2 fully saturated rings. The number of aromatic nitrogens is 1. The molecule has 0 N–H and O–H groups in total. The highest BCUT2D eigenvalue weighted by atomic mass is 32.2. The van der Waals surface area contributed by atoms with Crippen LogP contribution in [0.15, 0.2) is 59.0 Å². The number of rotatable bonds is 9. The van der Waals surface area contributed by atoms with Crippen molar-refractivity contribution in [2.24, 2.45) is 5.92 Å². The molecule has 0 radical (unpaired) electrons. The van der Waals surface area contributed by atoms with Crippen molar-refractivity contribution in [3.63, 3.8) is 0 Å². The third-order valence-corrected chi connectivity index (χ3v) is 8.40. The zero-order valence-corrected chi connectivity index (χ0v) is 22.0. The highest BCUT2D eigenvalue weighted by molar-refractivity contribution is 8.15. The second-order valence-electron chi connectivity index (χ2n) is 9.71. The number of nitrogens with zero attached hydrogens (tertiary/aromatic N) is 2. The van der Waals surface area contributed by atoms with Crippen LogP contribution in [-0.4, -0.2) is 46.5 Å². The van der Waals surface area contributed by atoms with Gasteiger partial charge in [-0.05, 0) is 49.8 Å². The van der Waals surface area contributed by atoms with Gasteiger partial charge in [0.05, 0.1) is 25.1 Å². The highest BCUT2D eigenvalue weighted by Gasteiger charge is 2.37. The SMILES string of the molecule is COc1cccc(-c2nc(CO[C@H]3CCC[C@@H](CCC4SC(=O)N(C)C4=O)C3)c(-c3ccccc3)o2)c1. The van der Waals surface area contributed by atoms with Gasteiger partial charge in [-0.15, -0.1) is 0 Å². The fourth-order valence-electron chi connectivity index (χ4n) is 5.12. The topological polar surface area (TPSA) is 81.9 Å². The van der Waals surface area contributed by atoms with Gasteiger partial charge in [0.2, 0.25) is 11.8 Å². The van der Waals surface area contributed by atoms with E-state index >= 15 is 0 Å². The molecule has 1 aliphatic carbocycles. The van der Waals surface area contributed by atoms with Crippen molar-refractivity contribution in [3.05, 3.63) is 60.3 Å². The first-order valence-corrected chi connectivity index (χ1v) is 13.7. The Morgan fingerprint density at radius 2 is 1.86 bits per heavy atom. The van der Waals surface area contributed by atoms with Gasteiger partial charge < -0.3 is 13.9 Å². The van der Waals surface area contributed by atoms with Crippen molar-refractivity contribution in [1.82, 2.24) is 9.88 Å². The zero-order chi connectivity index (χ0) is 25.8. The Morgan fingerprint density at radius 3 is 2.62 bits per heavy atom. The van der Waals surface area contributed by atoms with Crippen LogP contribution in [0.4, 0.5) is 4.79 Å². The van der Waals surface area contributed by atoms with E-state index in [1.54, 1.807) is 14.2 Å². The third kappa shape index (κ3) is 5.91. The number of methoxy groups -OCH3 is 1. The number of benzene rings is 2. The molecule has 8 heteroatoms. The standard InChI is InChI=1S/C29H32N2O5S/c1-31-28(32)25(37-29(31)33)15-14-19-8-6-13-23(16-19)35-18-24-26(20-9-4-3-5-10-20)36-27(30-24)21-11-7-12-22(17-21)34-2/h3-5,7,9-12,17,19,23,25H,6,8,13-16,18H2,1-2H3/t19-,23-,25?/m0/s1. The van der Waals surface area contributed by atoms with Crippen LogP contribution in [-0.2, 0) is 16.1 Å². The molecule has 2 heterocycles. The molecule has 1 saturated carbocycles. The summed E-state index contributed by atoms with van der Waals surface area (Å²) in [4.78, 5) is 30.1. The molecule has 2 amide bonds. The number of hydrogen-bond acceptors (Lipinski definition) is 7. The summed E-state index contributed by atoms with van der Waals surface area (Å²) in [5, 5.41) is -0.382. The van der Waals surface area contributed by atoms with Gasteiger partial charge >= 0.3 is 0 Å². The zero-order valence-electron chi connectivity index (χ0n) is 21.2. The minimum Gasteiger partial charge on any atom is -0.497 e. The minimum absolute atomic E-state index is 0.0649. The van der Waals surface area contributed by atoms with Crippen LogP contribution in [0.5, 0.6) is 5.75 Å². The van der Waals surface area contributed by atoms with Crippen molar-refractivity contribution in [1.29, 1.82) is 0 Å². The molecular formula is C29H32N2O5S. The minimum atomic E-state index is -0.239.